The number of rotatable bonds is 4. The molecule has 2 atom stereocenters. The Balaban J connectivity index is 1.96. The van der Waals surface area contributed by atoms with Gasteiger partial charge in [0.15, 0.2) is 0 Å². The number of hydrogen-bond acceptors (Lipinski definition) is 6. The van der Waals surface area contributed by atoms with Crippen molar-refractivity contribution in [1.82, 2.24) is 5.32 Å². The van der Waals surface area contributed by atoms with E-state index in [2.05, 4.69) is 10.3 Å². The zero-order valence-corrected chi connectivity index (χ0v) is 19.0. The van der Waals surface area contributed by atoms with E-state index in [-0.39, 0.29) is 30.0 Å². The lowest BCUT2D eigenvalue weighted by molar-refractivity contribution is -0.122. The molecule has 2 aliphatic heterocycles. The van der Waals surface area contributed by atoms with Crippen molar-refractivity contribution >= 4 is 41.1 Å². The Bertz CT molecular complexity index is 956. The summed E-state index contributed by atoms with van der Waals surface area (Å²) in [5, 5.41) is 2.79. The van der Waals surface area contributed by atoms with Gasteiger partial charge in [0.2, 0.25) is 11.8 Å². The molecule has 172 valence electrons. The number of amides is 3. The molecule has 0 radical (unpaired) electrons. The highest BCUT2D eigenvalue weighted by Gasteiger charge is 2.35. The molecule has 1 fully saturated rings. The maximum Gasteiger partial charge on any atom is 0.414 e. The number of fused-ring (bicyclic) bond motifs is 1. The number of piperidine rings is 1. The Morgan fingerprint density at radius 2 is 2.06 bits per heavy atom. The first-order valence-corrected chi connectivity index (χ1v) is 10.9. The number of hydrogen-bond donors (Lipinski definition) is 2. The monoisotopic (exact) mass is 441 g/mol. The summed E-state index contributed by atoms with van der Waals surface area (Å²) in [6.45, 7) is 7.91. The van der Waals surface area contributed by atoms with E-state index >= 15 is 0 Å². The van der Waals surface area contributed by atoms with Gasteiger partial charge in [-0.05, 0) is 44.9 Å². The average Bonchev–Trinajstić information content (AvgIpc) is 2.72. The standard InChI is InChI=1S/C23H31N5O4/c1-14(2)32-23(31)27-13-15(3)28(16(4)29)20-6-5-17(9-21(20)27)18(11-24)12-26-19-7-8-25-22(30)10-19/h5-6,9,11-12,14-15,19H,7-8,10,13,24H2,1-4H3,(H,25,30)/b18-11+,26-12?/t15-,19?/m0/s1. The predicted molar refractivity (Wildman–Crippen MR) is 125 cm³/mol. The Labute approximate surface area is 188 Å². The number of carbonyl (C=O) groups is 3. The quantitative estimate of drug-likeness (QED) is 0.696. The molecule has 0 spiro atoms. The third kappa shape index (κ3) is 5.09. The third-order valence-electron chi connectivity index (χ3n) is 5.47. The van der Waals surface area contributed by atoms with Crippen LogP contribution in [0.4, 0.5) is 16.2 Å². The number of aliphatic imine (C=N–C) groups is 1. The van der Waals surface area contributed by atoms with Crippen LogP contribution in [0, 0.1) is 0 Å². The first kappa shape index (κ1) is 23.3. The summed E-state index contributed by atoms with van der Waals surface area (Å²) in [5.74, 6) is -0.113. The molecular weight excluding hydrogens is 410 g/mol. The molecule has 3 N–H and O–H groups in total. The Morgan fingerprint density at radius 1 is 1.31 bits per heavy atom. The van der Waals surface area contributed by atoms with E-state index in [1.165, 1.54) is 13.1 Å². The van der Waals surface area contributed by atoms with Gasteiger partial charge in [-0.3, -0.25) is 19.5 Å². The molecular formula is C23H31N5O4. The second-order valence-electron chi connectivity index (χ2n) is 8.38. The number of ether oxygens (including phenoxy) is 1. The van der Waals surface area contributed by atoms with Gasteiger partial charge in [-0.15, -0.1) is 0 Å². The van der Waals surface area contributed by atoms with Crippen LogP contribution in [0.3, 0.4) is 0 Å². The van der Waals surface area contributed by atoms with Crippen molar-refractivity contribution in [3.05, 3.63) is 30.0 Å². The second-order valence-corrected chi connectivity index (χ2v) is 8.38. The number of carbonyl (C=O) groups excluding carboxylic acids is 3. The van der Waals surface area contributed by atoms with Crippen LogP contribution in [-0.4, -0.2) is 55.4 Å². The Kier molecular flexibility index (Phi) is 7.17. The molecule has 0 saturated carbocycles. The third-order valence-corrected chi connectivity index (χ3v) is 5.47. The van der Waals surface area contributed by atoms with Gasteiger partial charge in [-0.1, -0.05) is 6.07 Å². The highest BCUT2D eigenvalue weighted by molar-refractivity contribution is 6.11. The Hall–Kier alpha value is -3.36. The summed E-state index contributed by atoms with van der Waals surface area (Å²) in [6.07, 6.45) is 3.49. The van der Waals surface area contributed by atoms with E-state index in [1.807, 2.05) is 25.1 Å². The minimum atomic E-state index is -0.464. The number of allylic oxidation sites excluding steroid dienone is 1. The van der Waals surface area contributed by atoms with Crippen molar-refractivity contribution in [1.29, 1.82) is 0 Å². The van der Waals surface area contributed by atoms with Crippen molar-refractivity contribution in [3.63, 3.8) is 0 Å². The first-order chi connectivity index (χ1) is 15.2. The van der Waals surface area contributed by atoms with Gasteiger partial charge in [0.05, 0.1) is 29.6 Å². The van der Waals surface area contributed by atoms with E-state index in [9.17, 15) is 14.4 Å². The zero-order chi connectivity index (χ0) is 23.4. The number of nitrogens with one attached hydrogen (secondary N) is 1. The van der Waals surface area contributed by atoms with Gasteiger partial charge < -0.3 is 20.7 Å². The van der Waals surface area contributed by atoms with E-state index in [1.54, 1.807) is 29.9 Å². The fourth-order valence-electron chi connectivity index (χ4n) is 4.02. The van der Waals surface area contributed by atoms with Crippen molar-refractivity contribution in [3.8, 4) is 0 Å². The van der Waals surface area contributed by atoms with Gasteiger partial charge in [-0.25, -0.2) is 4.79 Å². The minimum absolute atomic E-state index is 0.0109. The van der Waals surface area contributed by atoms with Crippen LogP contribution in [0.1, 0.15) is 46.1 Å². The molecule has 1 unspecified atom stereocenters. The number of nitrogens with two attached hydrogens (primary N) is 1. The van der Waals surface area contributed by atoms with Crippen molar-refractivity contribution in [2.24, 2.45) is 10.7 Å². The van der Waals surface area contributed by atoms with Crippen LogP contribution in [0.25, 0.3) is 5.57 Å². The van der Waals surface area contributed by atoms with Crippen molar-refractivity contribution in [2.75, 3.05) is 22.9 Å². The van der Waals surface area contributed by atoms with E-state index in [4.69, 9.17) is 10.5 Å². The molecule has 9 nitrogen and oxygen atoms in total. The molecule has 32 heavy (non-hydrogen) atoms. The van der Waals surface area contributed by atoms with Gasteiger partial charge in [0.1, 0.15) is 0 Å². The first-order valence-electron chi connectivity index (χ1n) is 10.9. The average molecular weight is 442 g/mol. The second kappa shape index (κ2) is 9.84. The van der Waals surface area contributed by atoms with Crippen LogP contribution in [0.2, 0.25) is 0 Å². The minimum Gasteiger partial charge on any atom is -0.446 e. The number of benzene rings is 1. The number of nitrogens with zero attached hydrogens (tertiary/aromatic N) is 3. The molecule has 3 rings (SSSR count). The summed E-state index contributed by atoms with van der Waals surface area (Å²) >= 11 is 0. The fraction of sp³-hybridized carbons (Fsp3) is 0.478. The van der Waals surface area contributed by atoms with Crippen molar-refractivity contribution < 1.29 is 19.1 Å². The molecule has 2 heterocycles. The number of anilines is 2. The molecule has 3 amide bonds. The lowest BCUT2D eigenvalue weighted by Crippen LogP contribution is -2.51. The van der Waals surface area contributed by atoms with Crippen LogP contribution < -0.4 is 20.9 Å². The van der Waals surface area contributed by atoms with Gasteiger partial charge in [0.25, 0.3) is 0 Å². The van der Waals surface area contributed by atoms with E-state index in [0.717, 1.165) is 12.0 Å². The summed E-state index contributed by atoms with van der Waals surface area (Å²) in [5.41, 5.74) is 8.49. The van der Waals surface area contributed by atoms with Crippen LogP contribution in [0.5, 0.6) is 0 Å². The summed E-state index contributed by atoms with van der Waals surface area (Å²) in [7, 11) is 0. The normalized spacial score (nSPS) is 21.5. The zero-order valence-electron chi connectivity index (χ0n) is 19.0. The lowest BCUT2D eigenvalue weighted by atomic mass is 10.0. The highest BCUT2D eigenvalue weighted by Crippen LogP contribution is 2.38. The molecule has 0 bridgehead atoms. The summed E-state index contributed by atoms with van der Waals surface area (Å²) in [4.78, 5) is 44.5. The van der Waals surface area contributed by atoms with Crippen LogP contribution >= 0.6 is 0 Å². The van der Waals surface area contributed by atoms with Gasteiger partial charge in [0, 0.05) is 44.4 Å². The summed E-state index contributed by atoms with van der Waals surface area (Å²) < 4.78 is 5.43. The highest BCUT2D eigenvalue weighted by atomic mass is 16.6. The fourth-order valence-corrected chi connectivity index (χ4v) is 4.02. The van der Waals surface area contributed by atoms with Crippen LogP contribution in [0.15, 0.2) is 29.4 Å². The lowest BCUT2D eigenvalue weighted by Gasteiger charge is -2.40. The molecule has 2 aliphatic rings. The maximum atomic E-state index is 12.8. The smallest absolute Gasteiger partial charge is 0.414 e. The maximum absolute atomic E-state index is 12.8. The molecule has 0 aliphatic carbocycles. The summed E-state index contributed by atoms with van der Waals surface area (Å²) in [6, 6.07) is 5.17. The van der Waals surface area contributed by atoms with E-state index in [0.29, 0.717) is 36.5 Å². The SMILES string of the molecule is CC(=O)N1c2ccc(/C(C=NC3CCNC(=O)C3)=C/N)cc2N(C(=O)OC(C)C)C[C@@H]1C. The molecule has 9 heteroatoms. The van der Waals surface area contributed by atoms with Gasteiger partial charge >= 0.3 is 6.09 Å². The van der Waals surface area contributed by atoms with Crippen LogP contribution in [-0.2, 0) is 14.3 Å². The molecule has 1 saturated heterocycles. The van der Waals surface area contributed by atoms with E-state index < -0.39 is 6.09 Å². The molecule has 0 aromatic heterocycles. The molecule has 1 aromatic rings. The Morgan fingerprint density at radius 3 is 2.69 bits per heavy atom. The predicted octanol–water partition coefficient (Wildman–Crippen LogP) is 2.44. The van der Waals surface area contributed by atoms with Crippen molar-refractivity contribution in [2.45, 2.75) is 58.7 Å². The topological polar surface area (TPSA) is 117 Å². The largest absolute Gasteiger partial charge is 0.446 e. The molecule has 1 aromatic carbocycles. The van der Waals surface area contributed by atoms with Gasteiger partial charge in [-0.2, -0.15) is 0 Å².